The van der Waals surface area contributed by atoms with Crippen molar-refractivity contribution in [3.8, 4) is 0 Å². The number of nitrogens with zero attached hydrogens (tertiary/aromatic N) is 2. The molecule has 5 heteroatoms. The molecule has 0 saturated carbocycles. The summed E-state index contributed by atoms with van der Waals surface area (Å²) in [6.45, 7) is 8.13. The van der Waals surface area contributed by atoms with Gasteiger partial charge < -0.3 is 4.74 Å². The first-order valence-electron chi connectivity index (χ1n) is 6.37. The summed E-state index contributed by atoms with van der Waals surface area (Å²) in [5, 5.41) is 3.25. The number of hydrogen-bond acceptors (Lipinski definition) is 4. The summed E-state index contributed by atoms with van der Waals surface area (Å²) in [6.07, 6.45) is 3.08. The lowest BCUT2D eigenvalue weighted by Crippen LogP contribution is -2.46. The Balaban J connectivity index is 2.44. The van der Waals surface area contributed by atoms with E-state index in [1.54, 1.807) is 24.3 Å². The summed E-state index contributed by atoms with van der Waals surface area (Å²) in [4.78, 5) is 17.5. The predicted octanol–water partition coefficient (Wildman–Crippen LogP) is 2.38. The number of amides is 1. The van der Waals surface area contributed by atoms with Crippen LogP contribution >= 0.6 is 0 Å². The molecule has 1 N–H and O–H groups in total. The molecule has 1 aromatic rings. The molecule has 5 nitrogen and oxygen atoms in total. The zero-order valence-electron chi connectivity index (χ0n) is 12.3. The van der Waals surface area contributed by atoms with Gasteiger partial charge in [0.05, 0.1) is 6.17 Å². The Morgan fingerprint density at radius 2 is 2.21 bits per heavy atom. The number of rotatable bonds is 4. The van der Waals surface area contributed by atoms with Crippen LogP contribution in [0.15, 0.2) is 24.5 Å². The van der Waals surface area contributed by atoms with Gasteiger partial charge in [-0.3, -0.25) is 15.2 Å². The van der Waals surface area contributed by atoms with E-state index in [4.69, 9.17) is 4.74 Å². The molecule has 0 saturated heterocycles. The van der Waals surface area contributed by atoms with Gasteiger partial charge in [-0.05, 0) is 39.3 Å². The van der Waals surface area contributed by atoms with Gasteiger partial charge in [0.1, 0.15) is 5.60 Å². The second-order valence-corrected chi connectivity index (χ2v) is 5.51. The summed E-state index contributed by atoms with van der Waals surface area (Å²) in [7, 11) is 1.72. The highest BCUT2D eigenvalue weighted by atomic mass is 16.6. The normalized spacial score (nSPS) is 12.9. The second kappa shape index (κ2) is 6.52. The molecule has 106 valence electrons. The molecule has 1 aromatic heterocycles. The van der Waals surface area contributed by atoms with Crippen molar-refractivity contribution in [1.82, 2.24) is 15.2 Å². The number of aromatic nitrogens is 1. The molecule has 1 atom stereocenters. The fourth-order valence-corrected chi connectivity index (χ4v) is 1.40. The second-order valence-electron chi connectivity index (χ2n) is 5.51. The van der Waals surface area contributed by atoms with Gasteiger partial charge in [0.2, 0.25) is 0 Å². The fourth-order valence-electron chi connectivity index (χ4n) is 1.40. The van der Waals surface area contributed by atoms with Crippen molar-refractivity contribution in [1.29, 1.82) is 0 Å². The van der Waals surface area contributed by atoms with Gasteiger partial charge in [0.15, 0.2) is 0 Å². The first-order chi connectivity index (χ1) is 8.79. The minimum atomic E-state index is -0.478. The highest BCUT2D eigenvalue weighted by Gasteiger charge is 2.22. The Labute approximate surface area is 115 Å². The SMILES string of the molecule is CC(NCc1cccnc1)N(C)C(=O)OC(C)(C)C. The molecule has 1 heterocycles. The van der Waals surface area contributed by atoms with E-state index in [0.717, 1.165) is 5.56 Å². The van der Waals surface area contributed by atoms with Gasteiger partial charge in [-0.25, -0.2) is 4.79 Å². The molecular weight excluding hydrogens is 242 g/mol. The van der Waals surface area contributed by atoms with E-state index in [2.05, 4.69) is 10.3 Å². The van der Waals surface area contributed by atoms with E-state index in [-0.39, 0.29) is 12.3 Å². The molecule has 0 radical (unpaired) electrons. The lowest BCUT2D eigenvalue weighted by atomic mass is 10.2. The van der Waals surface area contributed by atoms with Gasteiger partial charge in [0.25, 0.3) is 0 Å². The van der Waals surface area contributed by atoms with Crippen molar-refractivity contribution < 1.29 is 9.53 Å². The highest BCUT2D eigenvalue weighted by Crippen LogP contribution is 2.10. The molecule has 0 aliphatic heterocycles. The zero-order chi connectivity index (χ0) is 14.5. The maximum atomic E-state index is 11.9. The summed E-state index contributed by atoms with van der Waals surface area (Å²) in [5.41, 5.74) is 0.598. The van der Waals surface area contributed by atoms with Crippen LogP contribution in [0, 0.1) is 0 Å². The molecule has 1 rings (SSSR count). The van der Waals surface area contributed by atoms with Crippen LogP contribution in [0.3, 0.4) is 0 Å². The Morgan fingerprint density at radius 3 is 2.74 bits per heavy atom. The topological polar surface area (TPSA) is 54.5 Å². The number of ether oxygens (including phenoxy) is 1. The molecule has 0 aliphatic carbocycles. The minimum Gasteiger partial charge on any atom is -0.444 e. The summed E-state index contributed by atoms with van der Waals surface area (Å²) >= 11 is 0. The Hall–Kier alpha value is -1.62. The van der Waals surface area contributed by atoms with Crippen molar-refractivity contribution in [2.24, 2.45) is 0 Å². The smallest absolute Gasteiger partial charge is 0.411 e. The summed E-state index contributed by atoms with van der Waals surface area (Å²) in [6, 6.07) is 3.87. The van der Waals surface area contributed by atoms with Crippen LogP contribution in [0.5, 0.6) is 0 Å². The quantitative estimate of drug-likeness (QED) is 0.849. The van der Waals surface area contributed by atoms with Crippen LogP contribution < -0.4 is 5.32 Å². The van der Waals surface area contributed by atoms with Crippen LogP contribution in [0.4, 0.5) is 4.79 Å². The van der Waals surface area contributed by atoms with Crippen molar-refractivity contribution in [2.45, 2.75) is 46.0 Å². The first-order valence-corrected chi connectivity index (χ1v) is 6.37. The minimum absolute atomic E-state index is 0.116. The van der Waals surface area contributed by atoms with Gasteiger partial charge >= 0.3 is 6.09 Å². The average molecular weight is 265 g/mol. The molecule has 0 aliphatic rings. The standard InChI is InChI=1S/C14H23N3O2/c1-11(16-10-12-7-6-8-15-9-12)17(5)13(18)19-14(2,3)4/h6-9,11,16H,10H2,1-5H3. The largest absolute Gasteiger partial charge is 0.444 e. The van der Waals surface area contributed by atoms with Gasteiger partial charge in [0, 0.05) is 26.0 Å². The lowest BCUT2D eigenvalue weighted by Gasteiger charge is -2.29. The van der Waals surface area contributed by atoms with Crippen molar-refractivity contribution in [3.63, 3.8) is 0 Å². The maximum Gasteiger partial charge on any atom is 0.411 e. The third-order valence-electron chi connectivity index (χ3n) is 2.59. The number of carbonyl (C=O) groups excluding carboxylic acids is 1. The Morgan fingerprint density at radius 1 is 1.53 bits per heavy atom. The van der Waals surface area contributed by atoms with E-state index in [1.165, 1.54) is 0 Å². The van der Waals surface area contributed by atoms with Crippen LogP contribution in [-0.4, -0.2) is 34.8 Å². The summed E-state index contributed by atoms with van der Waals surface area (Å²) in [5.74, 6) is 0. The Kier molecular flexibility index (Phi) is 5.30. The molecular formula is C14H23N3O2. The summed E-state index contributed by atoms with van der Waals surface area (Å²) < 4.78 is 5.31. The Bertz CT molecular complexity index is 401. The van der Waals surface area contributed by atoms with Crippen LogP contribution in [0.25, 0.3) is 0 Å². The highest BCUT2D eigenvalue weighted by molar-refractivity contribution is 5.68. The molecule has 1 unspecified atom stereocenters. The average Bonchev–Trinajstić information content (AvgIpc) is 2.34. The van der Waals surface area contributed by atoms with Gasteiger partial charge in [-0.15, -0.1) is 0 Å². The monoisotopic (exact) mass is 265 g/mol. The number of pyridine rings is 1. The molecule has 0 bridgehead atoms. The molecule has 0 aromatic carbocycles. The van der Waals surface area contributed by atoms with E-state index in [0.29, 0.717) is 6.54 Å². The van der Waals surface area contributed by atoms with Gasteiger partial charge in [-0.1, -0.05) is 6.07 Å². The van der Waals surface area contributed by atoms with E-state index >= 15 is 0 Å². The molecule has 0 spiro atoms. The fraction of sp³-hybridized carbons (Fsp3) is 0.571. The molecule has 19 heavy (non-hydrogen) atoms. The van der Waals surface area contributed by atoms with E-state index < -0.39 is 5.60 Å². The first kappa shape index (κ1) is 15.4. The van der Waals surface area contributed by atoms with Crippen molar-refractivity contribution in [2.75, 3.05) is 7.05 Å². The lowest BCUT2D eigenvalue weighted by molar-refractivity contribution is 0.0206. The maximum absolute atomic E-state index is 11.9. The van der Waals surface area contributed by atoms with Crippen molar-refractivity contribution in [3.05, 3.63) is 30.1 Å². The van der Waals surface area contributed by atoms with Gasteiger partial charge in [-0.2, -0.15) is 0 Å². The third kappa shape index (κ3) is 5.70. The number of hydrogen-bond donors (Lipinski definition) is 1. The number of nitrogens with one attached hydrogen (secondary N) is 1. The van der Waals surface area contributed by atoms with Crippen LogP contribution in [0.1, 0.15) is 33.3 Å². The van der Waals surface area contributed by atoms with E-state index in [9.17, 15) is 4.79 Å². The molecule has 0 fully saturated rings. The third-order valence-corrected chi connectivity index (χ3v) is 2.59. The number of carbonyl (C=O) groups is 1. The van der Waals surface area contributed by atoms with E-state index in [1.807, 2.05) is 39.8 Å². The van der Waals surface area contributed by atoms with Crippen LogP contribution in [0.2, 0.25) is 0 Å². The van der Waals surface area contributed by atoms with Crippen molar-refractivity contribution >= 4 is 6.09 Å². The molecule has 1 amide bonds. The zero-order valence-corrected chi connectivity index (χ0v) is 12.3. The van der Waals surface area contributed by atoms with Crippen LogP contribution in [-0.2, 0) is 11.3 Å². The predicted molar refractivity (Wildman–Crippen MR) is 74.5 cm³/mol.